The molecule has 14 heavy (non-hydrogen) atoms. The van der Waals surface area contributed by atoms with Crippen molar-refractivity contribution < 1.29 is 20.4 Å². The molecule has 0 N–H and O–H groups in total. The molecule has 0 aliphatic carbocycles. The Labute approximate surface area is 110 Å². The van der Waals surface area contributed by atoms with Crippen LogP contribution in [-0.4, -0.2) is 61.6 Å². The third-order valence-corrected chi connectivity index (χ3v) is 0. The predicted molar refractivity (Wildman–Crippen MR) is 53.7 cm³/mol. The topological polar surface area (TPSA) is 92.2 Å². The number of hydrogen-bond acceptors (Lipinski definition) is 4. The van der Waals surface area contributed by atoms with Crippen molar-refractivity contribution in [2.75, 3.05) is 26.4 Å². The Kier molecular flexibility index (Phi) is 249. The molecule has 0 rings (SSSR count). The summed E-state index contributed by atoms with van der Waals surface area (Å²) in [5.74, 6) is 0. The molecule has 8 radical (unpaired) electrons. The minimum atomic E-state index is 0. The Balaban J connectivity index is -0.0000000145. The number of hydrogen-bond donors (Lipinski definition) is 0. The molecule has 0 aromatic heterocycles. The van der Waals surface area contributed by atoms with Crippen LogP contribution < -0.4 is 20.4 Å². The van der Waals surface area contributed by atoms with E-state index in [1.54, 1.807) is 27.7 Å². The zero-order valence-electron chi connectivity index (χ0n) is 9.46. The summed E-state index contributed by atoms with van der Waals surface area (Å²) in [7, 11) is 0. The van der Waals surface area contributed by atoms with Gasteiger partial charge in [-0.05, 0) is 0 Å². The second-order valence-corrected chi connectivity index (χ2v) is 1.15. The largest absolute Gasteiger partial charge is 0.855 e. The molecule has 0 aliphatic rings. The van der Waals surface area contributed by atoms with Crippen LogP contribution in [0.4, 0.5) is 0 Å². The fourth-order valence-corrected chi connectivity index (χ4v) is 0. The van der Waals surface area contributed by atoms with Gasteiger partial charge in [0.25, 0.3) is 0 Å². The van der Waals surface area contributed by atoms with Gasteiger partial charge in [-0.15, -0.1) is 26.4 Å². The molecule has 0 saturated carbocycles. The quantitative estimate of drug-likeness (QED) is 0.436. The van der Waals surface area contributed by atoms with E-state index in [0.717, 1.165) is 0 Å². The Morgan fingerprint density at radius 1 is 0.500 bits per heavy atom. The summed E-state index contributed by atoms with van der Waals surface area (Å²) < 4.78 is 0. The molecule has 0 atom stereocenters. The normalized spacial score (nSPS) is 5.14. The molecule has 0 aliphatic heterocycles. The maximum atomic E-state index is 8.93. The van der Waals surface area contributed by atoms with E-state index in [1.165, 1.54) is 0 Å². The second kappa shape index (κ2) is 95.9. The van der Waals surface area contributed by atoms with E-state index in [1.807, 2.05) is 0 Å². The van der Waals surface area contributed by atoms with Crippen molar-refractivity contribution in [3.63, 3.8) is 0 Å². The first kappa shape index (κ1) is 36.3. The van der Waals surface area contributed by atoms with Crippen LogP contribution in [0.3, 0.4) is 0 Å². The SMILES string of the molecule is CC[O-].CC[O-].CC[O-].CC[O-].[Ge].[Ge]. The molecule has 0 unspecified atom stereocenters. The zero-order valence-corrected chi connectivity index (χ0v) is 13.7. The van der Waals surface area contributed by atoms with Crippen molar-refractivity contribution in [2.24, 2.45) is 0 Å². The van der Waals surface area contributed by atoms with Gasteiger partial charge in [0.05, 0.1) is 0 Å². The van der Waals surface area contributed by atoms with E-state index in [4.69, 9.17) is 20.4 Å². The van der Waals surface area contributed by atoms with Crippen molar-refractivity contribution in [3.8, 4) is 0 Å². The fourth-order valence-electron chi connectivity index (χ4n) is 0. The van der Waals surface area contributed by atoms with Crippen LogP contribution in [0.2, 0.25) is 0 Å². The molecule has 0 heterocycles. The minimum Gasteiger partial charge on any atom is -0.855 e. The first-order valence-electron chi connectivity index (χ1n) is 3.98. The van der Waals surface area contributed by atoms with Gasteiger partial charge in [-0.3, -0.25) is 0 Å². The van der Waals surface area contributed by atoms with E-state index in [-0.39, 0.29) is 61.6 Å². The van der Waals surface area contributed by atoms with Gasteiger partial charge in [0.2, 0.25) is 0 Å². The maximum absolute atomic E-state index is 8.93. The molecular weight excluding hydrogens is 305 g/mol. The van der Waals surface area contributed by atoms with Crippen LogP contribution >= 0.6 is 0 Å². The van der Waals surface area contributed by atoms with E-state index < -0.39 is 0 Å². The second-order valence-electron chi connectivity index (χ2n) is 1.15. The van der Waals surface area contributed by atoms with Crippen LogP contribution in [-0.2, 0) is 0 Å². The third kappa shape index (κ3) is 2150. The fraction of sp³-hybridized carbons (Fsp3) is 1.00. The summed E-state index contributed by atoms with van der Waals surface area (Å²) >= 11 is 0. The summed E-state index contributed by atoms with van der Waals surface area (Å²) in [6, 6.07) is 0. The predicted octanol–water partition coefficient (Wildman–Crippen LogP) is -3.30. The molecule has 0 bridgehead atoms. The van der Waals surface area contributed by atoms with Crippen LogP contribution in [0.25, 0.3) is 0 Å². The molecule has 0 aromatic rings. The Hall–Kier alpha value is 0.926. The molecule has 0 saturated heterocycles. The Morgan fingerprint density at radius 2 is 0.500 bits per heavy atom. The van der Waals surface area contributed by atoms with Gasteiger partial charge in [-0.2, -0.15) is 0 Å². The van der Waals surface area contributed by atoms with Gasteiger partial charge < -0.3 is 20.4 Å². The Morgan fingerprint density at radius 3 is 0.500 bits per heavy atom. The van der Waals surface area contributed by atoms with Crippen molar-refractivity contribution in [1.82, 2.24) is 0 Å². The Bertz CT molecular complexity index is 27.3. The van der Waals surface area contributed by atoms with Crippen LogP contribution in [0.5, 0.6) is 0 Å². The van der Waals surface area contributed by atoms with E-state index in [9.17, 15) is 0 Å². The van der Waals surface area contributed by atoms with Crippen molar-refractivity contribution >= 4 is 35.2 Å². The van der Waals surface area contributed by atoms with Gasteiger partial charge >= 0.3 is 0 Å². The molecule has 0 aromatic carbocycles. The summed E-state index contributed by atoms with van der Waals surface area (Å²) in [6.45, 7) is 6.28. The zero-order chi connectivity index (χ0) is 10.8. The van der Waals surface area contributed by atoms with Crippen molar-refractivity contribution in [2.45, 2.75) is 27.7 Å². The van der Waals surface area contributed by atoms with Crippen molar-refractivity contribution in [1.29, 1.82) is 0 Å². The van der Waals surface area contributed by atoms with Crippen LogP contribution in [0.15, 0.2) is 0 Å². The summed E-state index contributed by atoms with van der Waals surface area (Å²) in [5, 5.41) is 35.7. The average Bonchev–Trinajstić information content (AvgIpc) is 1.92. The number of rotatable bonds is 0. The minimum absolute atomic E-state index is 0. The van der Waals surface area contributed by atoms with Gasteiger partial charge in [0.15, 0.2) is 0 Å². The van der Waals surface area contributed by atoms with E-state index in [2.05, 4.69) is 0 Å². The third-order valence-electron chi connectivity index (χ3n) is 0. The van der Waals surface area contributed by atoms with Crippen molar-refractivity contribution in [3.05, 3.63) is 0 Å². The van der Waals surface area contributed by atoms with E-state index in [0.29, 0.717) is 0 Å². The van der Waals surface area contributed by atoms with Gasteiger partial charge in [0.1, 0.15) is 0 Å². The maximum Gasteiger partial charge on any atom is 0 e. The molecular formula is C8H20Ge2O4-4. The van der Waals surface area contributed by atoms with Gasteiger partial charge in [-0.25, -0.2) is 0 Å². The van der Waals surface area contributed by atoms with Crippen LogP contribution in [0.1, 0.15) is 27.7 Å². The smallest absolute Gasteiger partial charge is 0 e. The molecule has 88 valence electrons. The summed E-state index contributed by atoms with van der Waals surface area (Å²) in [4.78, 5) is 0. The molecule has 6 heteroatoms. The summed E-state index contributed by atoms with van der Waals surface area (Å²) in [5.41, 5.74) is 0. The molecule has 4 nitrogen and oxygen atoms in total. The standard InChI is InChI=1S/4C2H5O.2Ge/c4*1-2-3;;/h4*2H2,1H3;;/q4*-1;;. The first-order chi connectivity index (χ1) is 5.66. The van der Waals surface area contributed by atoms with Gasteiger partial charge in [-0.1, -0.05) is 27.7 Å². The molecule has 0 amide bonds. The average molecular weight is 325 g/mol. The molecule has 0 spiro atoms. The van der Waals surface area contributed by atoms with E-state index >= 15 is 0 Å². The summed E-state index contributed by atoms with van der Waals surface area (Å²) in [6.07, 6.45) is 0. The van der Waals surface area contributed by atoms with Gasteiger partial charge in [0, 0.05) is 35.2 Å². The molecule has 0 fully saturated rings. The van der Waals surface area contributed by atoms with Crippen LogP contribution in [0, 0.1) is 0 Å². The monoisotopic (exact) mass is 328 g/mol. The first-order valence-corrected chi connectivity index (χ1v) is 3.98.